The van der Waals surface area contributed by atoms with Crippen LogP contribution in [0.25, 0.3) is 10.9 Å². The van der Waals surface area contributed by atoms with E-state index in [1.54, 1.807) is 6.20 Å². The molecule has 0 spiro atoms. The van der Waals surface area contributed by atoms with Crippen LogP contribution >= 0.6 is 11.6 Å². The molecule has 0 amide bonds. The Bertz CT molecular complexity index is 576. The molecule has 0 unspecified atom stereocenters. The van der Waals surface area contributed by atoms with E-state index in [0.717, 1.165) is 49.2 Å². The lowest BCUT2D eigenvalue weighted by Crippen LogP contribution is -2.28. The first-order valence-corrected chi connectivity index (χ1v) is 7.73. The van der Waals surface area contributed by atoms with Crippen LogP contribution in [0.15, 0.2) is 30.5 Å². The van der Waals surface area contributed by atoms with Gasteiger partial charge in [-0.2, -0.15) is 0 Å². The maximum absolute atomic E-state index is 8.97. The maximum Gasteiger partial charge on any atom is 0.0737 e. The predicted molar refractivity (Wildman–Crippen MR) is 89.1 cm³/mol. The molecule has 0 aliphatic rings. The number of fused-ring (bicyclic) bond motifs is 1. The number of hydrogen-bond acceptors (Lipinski definition) is 4. The summed E-state index contributed by atoms with van der Waals surface area (Å²) in [6.45, 7) is 5.92. The lowest BCUT2D eigenvalue weighted by Gasteiger charge is -2.19. The van der Waals surface area contributed by atoms with Crippen molar-refractivity contribution in [3.05, 3.63) is 35.5 Å². The number of nitrogens with one attached hydrogen (secondary N) is 1. The Kier molecular flexibility index (Phi) is 6.23. The SMILES string of the molecule is CCN(CCO)CCCNc1ccnc2cc(Cl)ccc12. The Morgan fingerprint density at radius 3 is 2.90 bits per heavy atom. The summed E-state index contributed by atoms with van der Waals surface area (Å²) in [6, 6.07) is 7.75. The molecule has 1 aromatic heterocycles. The van der Waals surface area contributed by atoms with Crippen LogP contribution in [0.4, 0.5) is 5.69 Å². The molecule has 2 rings (SSSR count). The highest BCUT2D eigenvalue weighted by Crippen LogP contribution is 2.24. The van der Waals surface area contributed by atoms with E-state index in [2.05, 4.69) is 22.1 Å². The van der Waals surface area contributed by atoms with Crippen LogP contribution in [0.5, 0.6) is 0 Å². The standard InChI is InChI=1S/C16H22ClN3O/c1-2-20(10-11-21)9-3-7-18-15-6-8-19-16-12-13(17)4-5-14(15)16/h4-6,8,12,21H,2-3,7,9-11H2,1H3,(H,18,19). The van der Waals surface area contributed by atoms with Gasteiger partial charge in [0.05, 0.1) is 12.1 Å². The molecule has 2 aromatic rings. The van der Waals surface area contributed by atoms with Gasteiger partial charge in [0, 0.05) is 35.4 Å². The maximum atomic E-state index is 8.97. The molecular weight excluding hydrogens is 286 g/mol. The average molecular weight is 308 g/mol. The Labute approximate surface area is 130 Å². The number of rotatable bonds is 8. The van der Waals surface area contributed by atoms with E-state index in [1.807, 2.05) is 24.3 Å². The number of aliphatic hydroxyl groups excluding tert-OH is 1. The fourth-order valence-corrected chi connectivity index (χ4v) is 2.54. The van der Waals surface area contributed by atoms with Crippen LogP contribution in [-0.4, -0.2) is 47.8 Å². The van der Waals surface area contributed by atoms with Gasteiger partial charge in [0.2, 0.25) is 0 Å². The van der Waals surface area contributed by atoms with Gasteiger partial charge in [-0.1, -0.05) is 18.5 Å². The minimum atomic E-state index is 0.219. The van der Waals surface area contributed by atoms with Crippen LogP contribution in [-0.2, 0) is 0 Å². The van der Waals surface area contributed by atoms with Crippen molar-refractivity contribution in [3.63, 3.8) is 0 Å². The molecule has 0 radical (unpaired) electrons. The van der Waals surface area contributed by atoms with Crippen molar-refractivity contribution in [2.75, 3.05) is 38.1 Å². The molecule has 0 fully saturated rings. The summed E-state index contributed by atoms with van der Waals surface area (Å²) < 4.78 is 0. The molecule has 0 saturated carbocycles. The quantitative estimate of drug-likeness (QED) is 0.736. The van der Waals surface area contributed by atoms with Crippen molar-refractivity contribution in [1.82, 2.24) is 9.88 Å². The average Bonchev–Trinajstić information content (AvgIpc) is 2.50. The summed E-state index contributed by atoms with van der Waals surface area (Å²) >= 11 is 5.99. The van der Waals surface area contributed by atoms with Crippen molar-refractivity contribution in [1.29, 1.82) is 0 Å². The molecule has 4 nitrogen and oxygen atoms in total. The Balaban J connectivity index is 1.92. The second kappa shape index (κ2) is 8.17. The van der Waals surface area contributed by atoms with Crippen LogP contribution < -0.4 is 5.32 Å². The van der Waals surface area contributed by atoms with E-state index < -0.39 is 0 Å². The lowest BCUT2D eigenvalue weighted by molar-refractivity contribution is 0.202. The third kappa shape index (κ3) is 4.56. The van der Waals surface area contributed by atoms with Crippen LogP contribution in [0.2, 0.25) is 5.02 Å². The minimum absolute atomic E-state index is 0.219. The molecule has 0 saturated heterocycles. The summed E-state index contributed by atoms with van der Waals surface area (Å²) in [5, 5.41) is 14.2. The van der Waals surface area contributed by atoms with Gasteiger partial charge in [-0.15, -0.1) is 0 Å². The van der Waals surface area contributed by atoms with Crippen molar-refractivity contribution >= 4 is 28.2 Å². The first-order valence-electron chi connectivity index (χ1n) is 7.36. The number of benzene rings is 1. The summed E-state index contributed by atoms with van der Waals surface area (Å²) in [4.78, 5) is 6.58. The fourth-order valence-electron chi connectivity index (χ4n) is 2.37. The Morgan fingerprint density at radius 2 is 2.14 bits per heavy atom. The highest BCUT2D eigenvalue weighted by molar-refractivity contribution is 6.31. The number of nitrogens with zero attached hydrogens (tertiary/aromatic N) is 2. The van der Waals surface area contributed by atoms with E-state index in [1.165, 1.54) is 0 Å². The molecule has 0 aliphatic heterocycles. The summed E-state index contributed by atoms with van der Waals surface area (Å²) in [5.41, 5.74) is 1.99. The number of aromatic nitrogens is 1. The molecule has 0 aliphatic carbocycles. The Hall–Kier alpha value is -1.36. The van der Waals surface area contributed by atoms with Crippen molar-refractivity contribution in [2.45, 2.75) is 13.3 Å². The van der Waals surface area contributed by atoms with Gasteiger partial charge in [-0.3, -0.25) is 4.98 Å². The third-order valence-electron chi connectivity index (χ3n) is 3.53. The zero-order valence-electron chi connectivity index (χ0n) is 12.3. The predicted octanol–water partition coefficient (Wildman–Crippen LogP) is 3.00. The number of likely N-dealkylation sites (N-methyl/N-ethyl adjacent to an activating group) is 1. The molecule has 1 aromatic carbocycles. The number of pyridine rings is 1. The van der Waals surface area contributed by atoms with E-state index in [4.69, 9.17) is 16.7 Å². The number of halogens is 1. The zero-order valence-corrected chi connectivity index (χ0v) is 13.1. The zero-order chi connectivity index (χ0) is 15.1. The van der Waals surface area contributed by atoms with Gasteiger partial charge >= 0.3 is 0 Å². The Morgan fingerprint density at radius 1 is 1.29 bits per heavy atom. The highest BCUT2D eigenvalue weighted by Gasteiger charge is 2.03. The number of hydrogen-bond donors (Lipinski definition) is 2. The van der Waals surface area contributed by atoms with Gasteiger partial charge in [-0.05, 0) is 43.8 Å². The smallest absolute Gasteiger partial charge is 0.0737 e. The van der Waals surface area contributed by atoms with Crippen LogP contribution in [0, 0.1) is 0 Å². The van der Waals surface area contributed by atoms with E-state index in [0.29, 0.717) is 5.02 Å². The molecule has 0 bridgehead atoms. The first-order chi connectivity index (χ1) is 10.2. The van der Waals surface area contributed by atoms with E-state index in [9.17, 15) is 0 Å². The minimum Gasteiger partial charge on any atom is -0.395 e. The van der Waals surface area contributed by atoms with Gasteiger partial charge in [0.1, 0.15) is 0 Å². The van der Waals surface area contributed by atoms with Gasteiger partial charge < -0.3 is 15.3 Å². The summed E-state index contributed by atoms with van der Waals surface area (Å²) in [6.07, 6.45) is 2.83. The number of anilines is 1. The first kappa shape index (κ1) is 16.0. The second-order valence-corrected chi connectivity index (χ2v) is 5.39. The molecule has 21 heavy (non-hydrogen) atoms. The van der Waals surface area contributed by atoms with Crippen LogP contribution in [0.1, 0.15) is 13.3 Å². The topological polar surface area (TPSA) is 48.4 Å². The van der Waals surface area contributed by atoms with Crippen LogP contribution in [0.3, 0.4) is 0 Å². The largest absolute Gasteiger partial charge is 0.395 e. The lowest BCUT2D eigenvalue weighted by atomic mass is 10.2. The normalized spacial score (nSPS) is 11.2. The second-order valence-electron chi connectivity index (χ2n) is 4.96. The van der Waals surface area contributed by atoms with Crippen molar-refractivity contribution in [3.8, 4) is 0 Å². The molecule has 114 valence electrons. The van der Waals surface area contributed by atoms with E-state index in [-0.39, 0.29) is 6.61 Å². The summed E-state index contributed by atoms with van der Waals surface area (Å²) in [5.74, 6) is 0. The van der Waals surface area contributed by atoms with Crippen molar-refractivity contribution in [2.24, 2.45) is 0 Å². The van der Waals surface area contributed by atoms with Crippen molar-refractivity contribution < 1.29 is 5.11 Å². The molecule has 1 heterocycles. The van der Waals surface area contributed by atoms with Gasteiger partial charge in [0.15, 0.2) is 0 Å². The third-order valence-corrected chi connectivity index (χ3v) is 3.77. The highest BCUT2D eigenvalue weighted by atomic mass is 35.5. The summed E-state index contributed by atoms with van der Waals surface area (Å²) in [7, 11) is 0. The number of aliphatic hydroxyl groups is 1. The fraction of sp³-hybridized carbons (Fsp3) is 0.438. The van der Waals surface area contributed by atoms with Gasteiger partial charge in [0.25, 0.3) is 0 Å². The molecular formula is C16H22ClN3O. The van der Waals surface area contributed by atoms with Gasteiger partial charge in [-0.25, -0.2) is 0 Å². The monoisotopic (exact) mass is 307 g/mol. The van der Waals surface area contributed by atoms with E-state index >= 15 is 0 Å². The molecule has 5 heteroatoms. The molecule has 2 N–H and O–H groups in total. The molecule has 0 atom stereocenters.